The summed E-state index contributed by atoms with van der Waals surface area (Å²) in [6.45, 7) is 1.73. The van der Waals surface area contributed by atoms with E-state index in [9.17, 15) is 9.59 Å². The van der Waals surface area contributed by atoms with Crippen LogP contribution in [0.5, 0.6) is 0 Å². The summed E-state index contributed by atoms with van der Waals surface area (Å²) in [5, 5.41) is 0. The van der Waals surface area contributed by atoms with Gasteiger partial charge in [0.25, 0.3) is 0 Å². The first-order chi connectivity index (χ1) is 6.13. The molecule has 0 aliphatic carbocycles. The van der Waals surface area contributed by atoms with Gasteiger partial charge in [0.05, 0.1) is 7.11 Å². The fraction of sp³-hybridized carbons (Fsp3) is 0.500. The van der Waals surface area contributed by atoms with E-state index < -0.39 is 18.2 Å². The number of carbonyl (C=O) groups excluding carboxylic acids is 2. The second-order valence-corrected chi connectivity index (χ2v) is 2.56. The van der Waals surface area contributed by atoms with Crippen molar-refractivity contribution in [2.45, 2.75) is 13.0 Å². The average Bonchev–Trinajstić information content (AvgIpc) is 2.49. The molecule has 0 aromatic heterocycles. The molecule has 1 aliphatic rings. The van der Waals surface area contributed by atoms with Crippen LogP contribution >= 0.6 is 0 Å². The van der Waals surface area contributed by atoms with E-state index in [4.69, 9.17) is 0 Å². The molecule has 1 atom stereocenters. The monoisotopic (exact) mass is 186 g/mol. The summed E-state index contributed by atoms with van der Waals surface area (Å²) < 4.78 is 13.7. The molecule has 0 aromatic rings. The van der Waals surface area contributed by atoms with E-state index in [1.165, 1.54) is 13.2 Å². The first-order valence-electron chi connectivity index (χ1n) is 3.73. The maximum Gasteiger partial charge on any atom is 0.509 e. The van der Waals surface area contributed by atoms with Gasteiger partial charge in [-0.1, -0.05) is 0 Å². The Morgan fingerprint density at radius 3 is 2.85 bits per heavy atom. The summed E-state index contributed by atoms with van der Waals surface area (Å²) in [5.74, 6) is -0.442. The molecule has 72 valence electrons. The number of cyclic esters (lactones) is 2. The third kappa shape index (κ3) is 2.47. The molecule has 1 rings (SSSR count). The first kappa shape index (κ1) is 9.57. The standard InChI is InChI=1S/C8H10O5/c1-5(7(9)11-2)3-6-4-12-8(10)13-6/h3,6H,4H2,1-2H3. The molecule has 0 spiro atoms. The lowest BCUT2D eigenvalue weighted by Crippen LogP contribution is -2.10. The van der Waals surface area contributed by atoms with Crippen LogP contribution in [-0.2, 0) is 19.0 Å². The highest BCUT2D eigenvalue weighted by molar-refractivity contribution is 5.87. The number of hydrogen-bond acceptors (Lipinski definition) is 5. The molecule has 0 N–H and O–H groups in total. The highest BCUT2D eigenvalue weighted by atomic mass is 16.8. The van der Waals surface area contributed by atoms with Gasteiger partial charge in [0, 0.05) is 5.57 Å². The summed E-state index contributed by atoms with van der Waals surface area (Å²) in [6.07, 6.45) is 0.307. The molecule has 1 heterocycles. The Balaban J connectivity index is 2.55. The molecule has 13 heavy (non-hydrogen) atoms. The molecular formula is C8H10O5. The predicted octanol–water partition coefficient (Wildman–Crippen LogP) is 0.641. The quantitative estimate of drug-likeness (QED) is 0.467. The van der Waals surface area contributed by atoms with Gasteiger partial charge in [0.1, 0.15) is 6.61 Å². The molecule has 0 bridgehead atoms. The van der Waals surface area contributed by atoms with E-state index in [0.717, 1.165) is 0 Å². The minimum atomic E-state index is -0.709. The van der Waals surface area contributed by atoms with Crippen LogP contribution < -0.4 is 0 Å². The van der Waals surface area contributed by atoms with Crippen LogP contribution in [0.2, 0.25) is 0 Å². The number of ether oxygens (including phenoxy) is 3. The van der Waals surface area contributed by atoms with E-state index in [1.54, 1.807) is 6.92 Å². The number of carbonyl (C=O) groups is 2. The first-order valence-corrected chi connectivity index (χ1v) is 3.73. The smallest absolute Gasteiger partial charge is 0.466 e. The maximum absolute atomic E-state index is 10.9. The topological polar surface area (TPSA) is 61.8 Å². The summed E-state index contributed by atoms with van der Waals surface area (Å²) in [5.41, 5.74) is 0.394. The minimum absolute atomic E-state index is 0.146. The van der Waals surface area contributed by atoms with Gasteiger partial charge in [-0.3, -0.25) is 0 Å². The van der Waals surface area contributed by atoms with Crippen LogP contribution in [0.25, 0.3) is 0 Å². The molecule has 0 radical (unpaired) electrons. The molecule has 0 saturated carbocycles. The van der Waals surface area contributed by atoms with Gasteiger partial charge in [-0.25, -0.2) is 9.59 Å². The van der Waals surface area contributed by atoms with Crippen molar-refractivity contribution in [3.63, 3.8) is 0 Å². The lowest BCUT2D eigenvalue weighted by atomic mass is 10.2. The van der Waals surface area contributed by atoms with Crippen LogP contribution in [0.15, 0.2) is 11.6 Å². The van der Waals surface area contributed by atoms with Crippen molar-refractivity contribution in [2.24, 2.45) is 0 Å². The lowest BCUT2D eigenvalue weighted by molar-refractivity contribution is -0.136. The maximum atomic E-state index is 10.9. The zero-order valence-corrected chi connectivity index (χ0v) is 7.40. The molecule has 0 amide bonds. The summed E-state index contributed by atoms with van der Waals surface area (Å²) in [6, 6.07) is 0. The highest BCUT2D eigenvalue weighted by Crippen LogP contribution is 2.10. The van der Waals surface area contributed by atoms with Crippen molar-refractivity contribution in [2.75, 3.05) is 13.7 Å². The number of methoxy groups -OCH3 is 1. The van der Waals surface area contributed by atoms with Crippen molar-refractivity contribution < 1.29 is 23.8 Å². The van der Waals surface area contributed by atoms with E-state index in [0.29, 0.717) is 5.57 Å². The second kappa shape index (κ2) is 3.93. The fourth-order valence-electron chi connectivity index (χ4n) is 0.932. The van der Waals surface area contributed by atoms with Gasteiger partial charge in [-0.2, -0.15) is 0 Å². The molecule has 5 nitrogen and oxygen atoms in total. The van der Waals surface area contributed by atoms with E-state index >= 15 is 0 Å². The van der Waals surface area contributed by atoms with Gasteiger partial charge < -0.3 is 14.2 Å². The molecule has 5 heteroatoms. The van der Waals surface area contributed by atoms with E-state index in [1.807, 2.05) is 0 Å². The Kier molecular flexibility index (Phi) is 2.89. The Bertz CT molecular complexity index is 255. The van der Waals surface area contributed by atoms with Gasteiger partial charge in [0.2, 0.25) is 0 Å². The van der Waals surface area contributed by atoms with Crippen LogP contribution in [0.3, 0.4) is 0 Å². The second-order valence-electron chi connectivity index (χ2n) is 2.56. The Hall–Kier alpha value is -1.52. The van der Waals surface area contributed by atoms with Crippen molar-refractivity contribution in [3.8, 4) is 0 Å². The summed E-state index contributed by atoms with van der Waals surface area (Å²) >= 11 is 0. The lowest BCUT2D eigenvalue weighted by Gasteiger charge is -2.01. The highest BCUT2D eigenvalue weighted by Gasteiger charge is 2.23. The van der Waals surface area contributed by atoms with E-state index in [2.05, 4.69) is 14.2 Å². The summed E-state index contributed by atoms with van der Waals surface area (Å²) in [7, 11) is 1.29. The summed E-state index contributed by atoms with van der Waals surface area (Å²) in [4.78, 5) is 21.4. The number of rotatable bonds is 2. The SMILES string of the molecule is COC(=O)C(C)=CC1COC(=O)O1. The molecule has 1 aliphatic heterocycles. The Labute approximate surface area is 75.3 Å². The van der Waals surface area contributed by atoms with Crippen LogP contribution in [0.4, 0.5) is 4.79 Å². The van der Waals surface area contributed by atoms with Gasteiger partial charge >= 0.3 is 12.1 Å². The van der Waals surface area contributed by atoms with Crippen molar-refractivity contribution >= 4 is 12.1 Å². The molecule has 1 saturated heterocycles. The predicted molar refractivity (Wildman–Crippen MR) is 42.0 cm³/mol. The molecule has 0 aromatic carbocycles. The zero-order valence-electron chi connectivity index (χ0n) is 7.40. The van der Waals surface area contributed by atoms with Gasteiger partial charge in [-0.05, 0) is 13.0 Å². The Morgan fingerprint density at radius 1 is 1.69 bits per heavy atom. The Morgan fingerprint density at radius 2 is 2.38 bits per heavy atom. The minimum Gasteiger partial charge on any atom is -0.466 e. The van der Waals surface area contributed by atoms with Crippen LogP contribution in [0.1, 0.15) is 6.92 Å². The van der Waals surface area contributed by atoms with Crippen LogP contribution in [0, 0.1) is 0 Å². The van der Waals surface area contributed by atoms with Gasteiger partial charge in [-0.15, -0.1) is 0 Å². The number of hydrogen-bond donors (Lipinski definition) is 0. The van der Waals surface area contributed by atoms with Crippen molar-refractivity contribution in [1.29, 1.82) is 0 Å². The zero-order chi connectivity index (χ0) is 9.84. The number of esters is 1. The molecule has 1 fully saturated rings. The molecular weight excluding hydrogens is 176 g/mol. The largest absolute Gasteiger partial charge is 0.509 e. The average molecular weight is 186 g/mol. The van der Waals surface area contributed by atoms with E-state index in [-0.39, 0.29) is 6.61 Å². The third-order valence-corrected chi connectivity index (χ3v) is 1.56. The molecule has 1 unspecified atom stereocenters. The normalized spacial score (nSPS) is 22.2. The van der Waals surface area contributed by atoms with Gasteiger partial charge in [0.15, 0.2) is 6.10 Å². The van der Waals surface area contributed by atoms with Crippen molar-refractivity contribution in [1.82, 2.24) is 0 Å². The third-order valence-electron chi connectivity index (χ3n) is 1.56. The van der Waals surface area contributed by atoms with Crippen molar-refractivity contribution in [3.05, 3.63) is 11.6 Å². The van der Waals surface area contributed by atoms with Crippen LogP contribution in [-0.4, -0.2) is 31.9 Å². The fourth-order valence-corrected chi connectivity index (χ4v) is 0.932.